The highest BCUT2D eigenvalue weighted by Gasteiger charge is 2.33. The third-order valence-corrected chi connectivity index (χ3v) is 4.88. The van der Waals surface area contributed by atoms with E-state index in [2.05, 4.69) is 15.4 Å². The molecular formula is C21H21N5O3. The summed E-state index contributed by atoms with van der Waals surface area (Å²) in [4.78, 5) is 16.9. The van der Waals surface area contributed by atoms with Crippen molar-refractivity contribution in [2.75, 3.05) is 19.5 Å². The summed E-state index contributed by atoms with van der Waals surface area (Å²) in [5.74, 6) is 1.73. The molecule has 1 atom stereocenters. The lowest BCUT2D eigenvalue weighted by atomic mass is 9.95. The smallest absolute Gasteiger partial charge is 0.248 e. The number of anilines is 1. The molecule has 4 rings (SSSR count). The summed E-state index contributed by atoms with van der Waals surface area (Å²) in [6.07, 6.45) is 0. The number of nitrogens with two attached hydrogens (primary N) is 1. The lowest BCUT2D eigenvalue weighted by molar-refractivity contribution is -0.115. The van der Waals surface area contributed by atoms with Crippen LogP contribution in [0.4, 0.5) is 5.95 Å². The van der Waals surface area contributed by atoms with Gasteiger partial charge in [0.15, 0.2) is 17.3 Å². The summed E-state index contributed by atoms with van der Waals surface area (Å²) in [5, 5.41) is 7.83. The number of rotatable bonds is 5. The van der Waals surface area contributed by atoms with E-state index in [1.165, 1.54) is 0 Å². The molecule has 2 heterocycles. The highest BCUT2D eigenvalue weighted by atomic mass is 16.5. The molecule has 0 spiro atoms. The van der Waals surface area contributed by atoms with E-state index in [9.17, 15) is 4.79 Å². The molecule has 2 aromatic carbocycles. The van der Waals surface area contributed by atoms with Crippen molar-refractivity contribution in [2.45, 2.75) is 13.0 Å². The molecule has 0 saturated heterocycles. The van der Waals surface area contributed by atoms with Crippen LogP contribution in [0.15, 0.2) is 59.8 Å². The minimum absolute atomic E-state index is 0.451. The largest absolute Gasteiger partial charge is 0.493 e. The molecule has 29 heavy (non-hydrogen) atoms. The van der Waals surface area contributed by atoms with Crippen LogP contribution in [0.25, 0.3) is 11.4 Å². The zero-order valence-electron chi connectivity index (χ0n) is 16.3. The maximum atomic E-state index is 12.2. The number of primary amides is 1. The predicted octanol–water partition coefficient (Wildman–Crippen LogP) is 2.74. The molecule has 148 valence electrons. The summed E-state index contributed by atoms with van der Waals surface area (Å²) in [6.45, 7) is 1.81. The molecular weight excluding hydrogens is 370 g/mol. The SMILES string of the molecule is COc1ccc(-c2nc3n(n2)[C@@H](c2ccccc2)C(C(N)=O)=C(C)N3)cc1OC. The fourth-order valence-corrected chi connectivity index (χ4v) is 3.51. The van der Waals surface area contributed by atoms with Gasteiger partial charge in [-0.3, -0.25) is 4.79 Å². The van der Waals surface area contributed by atoms with Gasteiger partial charge in [-0.25, -0.2) is 4.68 Å². The number of ether oxygens (including phenoxy) is 2. The Kier molecular flexibility index (Phi) is 4.67. The van der Waals surface area contributed by atoms with Crippen LogP contribution >= 0.6 is 0 Å². The van der Waals surface area contributed by atoms with Crippen LogP contribution < -0.4 is 20.5 Å². The van der Waals surface area contributed by atoms with Crippen LogP contribution in [0.2, 0.25) is 0 Å². The number of benzene rings is 2. The summed E-state index contributed by atoms with van der Waals surface area (Å²) < 4.78 is 12.4. The van der Waals surface area contributed by atoms with Gasteiger partial charge in [-0.15, -0.1) is 5.10 Å². The van der Waals surface area contributed by atoms with Crippen molar-refractivity contribution >= 4 is 11.9 Å². The van der Waals surface area contributed by atoms with Gasteiger partial charge in [0, 0.05) is 11.3 Å². The average Bonchev–Trinajstić information content (AvgIpc) is 3.16. The van der Waals surface area contributed by atoms with Crippen molar-refractivity contribution in [3.05, 3.63) is 65.4 Å². The maximum Gasteiger partial charge on any atom is 0.248 e. The van der Waals surface area contributed by atoms with Crippen molar-refractivity contribution in [1.29, 1.82) is 0 Å². The van der Waals surface area contributed by atoms with Crippen LogP contribution in [0.5, 0.6) is 11.5 Å². The van der Waals surface area contributed by atoms with Gasteiger partial charge in [-0.2, -0.15) is 4.98 Å². The minimum Gasteiger partial charge on any atom is -0.493 e. The number of nitrogens with one attached hydrogen (secondary N) is 1. The van der Waals surface area contributed by atoms with E-state index in [0.717, 1.165) is 11.1 Å². The van der Waals surface area contributed by atoms with Gasteiger partial charge in [-0.1, -0.05) is 30.3 Å². The molecule has 0 radical (unpaired) electrons. The number of methoxy groups -OCH3 is 2. The fraction of sp³-hybridized carbons (Fsp3) is 0.190. The summed E-state index contributed by atoms with van der Waals surface area (Å²) >= 11 is 0. The number of carbonyl (C=O) groups is 1. The first-order valence-corrected chi connectivity index (χ1v) is 9.05. The van der Waals surface area contributed by atoms with E-state index in [4.69, 9.17) is 15.2 Å². The Hall–Kier alpha value is -3.81. The second-order valence-electron chi connectivity index (χ2n) is 6.61. The number of aromatic nitrogens is 3. The molecule has 8 nitrogen and oxygen atoms in total. The normalized spacial score (nSPS) is 15.5. The lowest BCUT2D eigenvalue weighted by Gasteiger charge is -2.27. The van der Waals surface area contributed by atoms with Gasteiger partial charge in [0.25, 0.3) is 0 Å². The number of allylic oxidation sites excluding steroid dienone is 1. The first-order valence-electron chi connectivity index (χ1n) is 9.05. The standard InChI is InChI=1S/C21H21N5O3/c1-12-17(19(22)27)18(13-7-5-4-6-8-13)26-21(23-12)24-20(25-26)14-9-10-15(28-2)16(11-14)29-3/h4-11,18H,1-3H3,(H2,22,27)(H,23,24,25)/t18-/m0/s1. The highest BCUT2D eigenvalue weighted by Crippen LogP contribution is 2.37. The Bertz CT molecular complexity index is 1100. The van der Waals surface area contributed by atoms with Crippen LogP contribution in [-0.2, 0) is 4.79 Å². The van der Waals surface area contributed by atoms with Gasteiger partial charge in [-0.05, 0) is 30.7 Å². The van der Waals surface area contributed by atoms with Crippen molar-refractivity contribution in [3.63, 3.8) is 0 Å². The average molecular weight is 391 g/mol. The van der Waals surface area contributed by atoms with E-state index in [-0.39, 0.29) is 0 Å². The van der Waals surface area contributed by atoms with Gasteiger partial charge in [0.2, 0.25) is 11.9 Å². The molecule has 1 aromatic heterocycles. The highest BCUT2D eigenvalue weighted by molar-refractivity contribution is 5.95. The second kappa shape index (κ2) is 7.31. The van der Waals surface area contributed by atoms with Crippen LogP contribution in [-0.4, -0.2) is 34.9 Å². The molecule has 1 aliphatic rings. The van der Waals surface area contributed by atoms with Crippen LogP contribution in [0.3, 0.4) is 0 Å². The topological polar surface area (TPSA) is 104 Å². The minimum atomic E-state index is -0.502. The first kappa shape index (κ1) is 18.5. The van der Waals surface area contributed by atoms with Gasteiger partial charge in [0.1, 0.15) is 6.04 Å². The molecule has 3 N–H and O–H groups in total. The maximum absolute atomic E-state index is 12.2. The third kappa shape index (κ3) is 3.18. The van der Waals surface area contributed by atoms with Crippen LogP contribution in [0.1, 0.15) is 18.5 Å². The number of hydrogen-bond acceptors (Lipinski definition) is 6. The molecule has 0 unspecified atom stereocenters. The van der Waals surface area contributed by atoms with Crippen molar-refractivity contribution < 1.29 is 14.3 Å². The van der Waals surface area contributed by atoms with Crippen molar-refractivity contribution in [1.82, 2.24) is 14.8 Å². The molecule has 0 bridgehead atoms. The zero-order chi connectivity index (χ0) is 20.5. The van der Waals surface area contributed by atoms with E-state index < -0.39 is 11.9 Å². The Balaban J connectivity index is 1.84. The van der Waals surface area contributed by atoms with Gasteiger partial charge < -0.3 is 20.5 Å². The second-order valence-corrected chi connectivity index (χ2v) is 6.61. The molecule has 0 fully saturated rings. The Morgan fingerprint density at radius 1 is 1.10 bits per heavy atom. The monoisotopic (exact) mass is 391 g/mol. The Morgan fingerprint density at radius 2 is 1.83 bits per heavy atom. The molecule has 3 aromatic rings. The summed E-state index contributed by atoms with van der Waals surface area (Å²) in [7, 11) is 3.16. The molecule has 1 aliphatic heterocycles. The molecule has 1 amide bonds. The number of hydrogen-bond donors (Lipinski definition) is 2. The number of carbonyl (C=O) groups excluding carboxylic acids is 1. The van der Waals surface area contributed by atoms with Crippen molar-refractivity contribution in [2.24, 2.45) is 5.73 Å². The zero-order valence-corrected chi connectivity index (χ0v) is 16.3. The van der Waals surface area contributed by atoms with E-state index >= 15 is 0 Å². The quantitative estimate of drug-likeness (QED) is 0.693. The molecule has 0 aliphatic carbocycles. The number of amides is 1. The molecule has 8 heteroatoms. The third-order valence-electron chi connectivity index (χ3n) is 4.88. The Morgan fingerprint density at radius 3 is 2.48 bits per heavy atom. The number of nitrogens with zero attached hydrogens (tertiary/aromatic N) is 3. The van der Waals surface area contributed by atoms with Gasteiger partial charge in [0.05, 0.1) is 19.8 Å². The van der Waals surface area contributed by atoms with Crippen LogP contribution in [0, 0.1) is 0 Å². The fourth-order valence-electron chi connectivity index (χ4n) is 3.51. The molecule has 0 saturated carbocycles. The van der Waals surface area contributed by atoms with E-state index in [1.807, 2.05) is 49.4 Å². The van der Waals surface area contributed by atoms with Crippen molar-refractivity contribution in [3.8, 4) is 22.9 Å². The first-order chi connectivity index (χ1) is 14.0. The van der Waals surface area contributed by atoms with Gasteiger partial charge >= 0.3 is 0 Å². The summed E-state index contributed by atoms with van der Waals surface area (Å²) in [6, 6.07) is 14.6. The predicted molar refractivity (Wildman–Crippen MR) is 109 cm³/mol. The number of fused-ring (bicyclic) bond motifs is 1. The lowest BCUT2D eigenvalue weighted by Crippen LogP contribution is -2.31. The van der Waals surface area contributed by atoms with E-state index in [1.54, 1.807) is 25.0 Å². The Labute approximate surface area is 168 Å². The summed E-state index contributed by atoms with van der Waals surface area (Å²) in [5.41, 5.74) is 8.47. The van der Waals surface area contributed by atoms with E-state index in [0.29, 0.717) is 34.5 Å².